The summed E-state index contributed by atoms with van der Waals surface area (Å²) in [7, 11) is 0. The summed E-state index contributed by atoms with van der Waals surface area (Å²) in [4.78, 5) is 10.6. The van der Waals surface area contributed by atoms with E-state index in [-0.39, 0.29) is 0 Å². The molecule has 0 atom stereocenters. The van der Waals surface area contributed by atoms with Crippen molar-refractivity contribution in [1.29, 1.82) is 0 Å². The zero-order valence-corrected chi connectivity index (χ0v) is 30.6. The zero-order valence-electron chi connectivity index (χ0n) is 29.8. The summed E-state index contributed by atoms with van der Waals surface area (Å²) in [5, 5.41) is 10.0. The molecule has 11 aromatic rings. The summed E-state index contributed by atoms with van der Waals surface area (Å²) in [6, 6.07) is 69.7. The molecule has 0 aliphatic heterocycles. The normalized spacial score (nSPS) is 11.6. The lowest BCUT2D eigenvalue weighted by Gasteiger charge is -2.17. The Morgan fingerprint density at radius 3 is 1.85 bits per heavy atom. The number of hydrogen-bond donors (Lipinski definition) is 0. The summed E-state index contributed by atoms with van der Waals surface area (Å²) in [6.07, 6.45) is 0. The molecule has 0 saturated carbocycles. The van der Waals surface area contributed by atoms with Gasteiger partial charge in [0.15, 0.2) is 5.82 Å². The second-order valence-corrected chi connectivity index (χ2v) is 15.1. The number of hydrogen-bond acceptors (Lipinski definition) is 3. The van der Waals surface area contributed by atoms with Crippen molar-refractivity contribution in [2.45, 2.75) is 0 Å². The van der Waals surface area contributed by atoms with Crippen LogP contribution in [0.2, 0.25) is 0 Å². The van der Waals surface area contributed by atoms with E-state index in [0.29, 0.717) is 5.82 Å². The molecule has 11 rings (SSSR count). The van der Waals surface area contributed by atoms with Gasteiger partial charge in [-0.1, -0.05) is 170 Å². The number of fused-ring (bicyclic) bond motifs is 7. The molecule has 2 aromatic heterocycles. The minimum absolute atomic E-state index is 0.702. The van der Waals surface area contributed by atoms with Crippen molar-refractivity contribution < 1.29 is 0 Å². The molecule has 2 heterocycles. The fraction of sp³-hybridized carbons (Fsp3) is 0. The third kappa shape index (κ3) is 5.32. The molecule has 2 nitrogen and oxygen atoms in total. The first-order valence-electron chi connectivity index (χ1n) is 18.7. The average molecular weight is 717 g/mol. The van der Waals surface area contributed by atoms with E-state index in [2.05, 4.69) is 188 Å². The average Bonchev–Trinajstić information content (AvgIpc) is 3.65. The summed E-state index contributed by atoms with van der Waals surface area (Å²) >= 11 is 1.86. The maximum Gasteiger partial charge on any atom is 0.160 e. The van der Waals surface area contributed by atoms with Gasteiger partial charge < -0.3 is 0 Å². The molecule has 0 aliphatic carbocycles. The van der Waals surface area contributed by atoms with Crippen LogP contribution in [0, 0.1) is 0 Å². The Morgan fingerprint density at radius 2 is 0.964 bits per heavy atom. The SMILES string of the molecule is c1ccc(-c2nc(-c3cccc(-c4cccc5c4sc4ccccc45)c3)cc(-c3ccccc3-c3c4ccccc4cc4c3ccc3ccccc34)n2)cc1. The van der Waals surface area contributed by atoms with E-state index >= 15 is 0 Å². The van der Waals surface area contributed by atoms with Crippen LogP contribution in [0.1, 0.15) is 0 Å². The Balaban J connectivity index is 1.14. The largest absolute Gasteiger partial charge is 0.228 e. The maximum atomic E-state index is 5.33. The first kappa shape index (κ1) is 31.6. The van der Waals surface area contributed by atoms with E-state index in [1.54, 1.807) is 0 Å². The third-order valence-electron chi connectivity index (χ3n) is 10.9. The van der Waals surface area contributed by atoms with Gasteiger partial charge in [0.25, 0.3) is 0 Å². The molecule has 9 aromatic carbocycles. The van der Waals surface area contributed by atoms with Crippen LogP contribution in [-0.2, 0) is 0 Å². The van der Waals surface area contributed by atoms with Crippen molar-refractivity contribution in [3.8, 4) is 56.2 Å². The number of benzene rings is 9. The fourth-order valence-electron chi connectivity index (χ4n) is 8.30. The first-order valence-corrected chi connectivity index (χ1v) is 19.5. The van der Waals surface area contributed by atoms with Gasteiger partial charge in [-0.15, -0.1) is 11.3 Å². The van der Waals surface area contributed by atoms with E-state index in [0.717, 1.165) is 33.6 Å². The third-order valence-corrected chi connectivity index (χ3v) is 12.1. The highest BCUT2D eigenvalue weighted by atomic mass is 32.1. The highest BCUT2D eigenvalue weighted by molar-refractivity contribution is 7.26. The van der Waals surface area contributed by atoms with E-state index in [4.69, 9.17) is 9.97 Å². The molecule has 3 heteroatoms. The topological polar surface area (TPSA) is 25.8 Å². The van der Waals surface area contributed by atoms with E-state index in [1.807, 2.05) is 17.4 Å². The minimum atomic E-state index is 0.702. The van der Waals surface area contributed by atoms with Gasteiger partial charge >= 0.3 is 0 Å². The van der Waals surface area contributed by atoms with E-state index in [9.17, 15) is 0 Å². The number of aromatic nitrogens is 2. The van der Waals surface area contributed by atoms with Gasteiger partial charge in [0.05, 0.1) is 11.4 Å². The van der Waals surface area contributed by atoms with Crippen molar-refractivity contribution in [3.63, 3.8) is 0 Å². The van der Waals surface area contributed by atoms with Crippen molar-refractivity contribution >= 4 is 63.8 Å². The molecule has 256 valence electrons. The molecule has 0 radical (unpaired) electrons. The van der Waals surface area contributed by atoms with Gasteiger partial charge in [-0.25, -0.2) is 9.97 Å². The van der Waals surface area contributed by atoms with Gasteiger partial charge in [-0.05, 0) is 78.8 Å². The van der Waals surface area contributed by atoms with Crippen molar-refractivity contribution in [2.24, 2.45) is 0 Å². The second-order valence-electron chi connectivity index (χ2n) is 14.1. The molecule has 0 aliphatic rings. The number of rotatable bonds is 5. The van der Waals surface area contributed by atoms with Crippen molar-refractivity contribution in [3.05, 3.63) is 194 Å². The van der Waals surface area contributed by atoms with Crippen LogP contribution in [0.15, 0.2) is 194 Å². The van der Waals surface area contributed by atoms with Crippen LogP contribution in [0.25, 0.3) is 109 Å². The van der Waals surface area contributed by atoms with Gasteiger partial charge in [0.1, 0.15) is 0 Å². The van der Waals surface area contributed by atoms with Gasteiger partial charge in [0, 0.05) is 36.9 Å². The summed E-state index contributed by atoms with van der Waals surface area (Å²) in [6.45, 7) is 0. The molecule has 0 bridgehead atoms. The van der Waals surface area contributed by atoms with Crippen LogP contribution >= 0.6 is 11.3 Å². The maximum absolute atomic E-state index is 5.33. The molecule has 0 amide bonds. The van der Waals surface area contributed by atoms with Crippen LogP contribution in [0.3, 0.4) is 0 Å². The predicted octanol–water partition coefficient (Wildman–Crippen LogP) is 14.6. The Labute approximate surface area is 322 Å². The highest BCUT2D eigenvalue weighted by Gasteiger charge is 2.19. The molecule has 0 N–H and O–H groups in total. The lowest BCUT2D eigenvalue weighted by Crippen LogP contribution is -1.97. The molecule has 0 saturated heterocycles. The smallest absolute Gasteiger partial charge is 0.160 e. The Bertz CT molecular complexity index is 3270. The summed E-state index contributed by atoms with van der Waals surface area (Å²) in [5.41, 5.74) is 9.65. The highest BCUT2D eigenvalue weighted by Crippen LogP contribution is 2.44. The summed E-state index contributed by atoms with van der Waals surface area (Å²) in [5.74, 6) is 0.702. The van der Waals surface area contributed by atoms with Crippen LogP contribution < -0.4 is 0 Å². The van der Waals surface area contributed by atoms with Gasteiger partial charge in [-0.3, -0.25) is 0 Å². The first-order chi connectivity index (χ1) is 27.3. The van der Waals surface area contributed by atoms with E-state index < -0.39 is 0 Å². The standard InChI is InChI=1S/C52H32N2S/c1-2-15-34(16-3-1)52-53-47(37-19-12-18-35(30-37)40-25-13-26-45-42-23-10-11-27-49(42)55-51(40)45)32-48(54-52)41-22-8-9-24-43(41)50-39-21-7-5-17-36(39)31-46-38-20-6-4-14-33(38)28-29-44(46)50/h1-32H. The molecular formula is C52H32N2S. The molecule has 55 heavy (non-hydrogen) atoms. The quantitative estimate of drug-likeness (QED) is 0.131. The fourth-order valence-corrected chi connectivity index (χ4v) is 9.54. The van der Waals surface area contributed by atoms with Crippen LogP contribution in [-0.4, -0.2) is 9.97 Å². The Kier molecular flexibility index (Phi) is 7.39. The second kappa shape index (κ2) is 12.9. The van der Waals surface area contributed by atoms with Crippen molar-refractivity contribution in [2.75, 3.05) is 0 Å². The van der Waals surface area contributed by atoms with E-state index in [1.165, 1.54) is 69.2 Å². The zero-order chi connectivity index (χ0) is 36.3. The lowest BCUT2D eigenvalue weighted by molar-refractivity contribution is 1.18. The minimum Gasteiger partial charge on any atom is -0.228 e. The predicted molar refractivity (Wildman–Crippen MR) is 235 cm³/mol. The molecule has 0 fully saturated rings. The number of nitrogens with zero attached hydrogens (tertiary/aromatic N) is 2. The van der Waals surface area contributed by atoms with Crippen molar-refractivity contribution in [1.82, 2.24) is 9.97 Å². The van der Waals surface area contributed by atoms with Gasteiger partial charge in [0.2, 0.25) is 0 Å². The Hall–Kier alpha value is -6.94. The van der Waals surface area contributed by atoms with Crippen LogP contribution in [0.4, 0.5) is 0 Å². The molecule has 0 spiro atoms. The Morgan fingerprint density at radius 1 is 0.327 bits per heavy atom. The lowest BCUT2D eigenvalue weighted by atomic mass is 9.87. The van der Waals surface area contributed by atoms with Crippen LogP contribution in [0.5, 0.6) is 0 Å². The molecular weight excluding hydrogens is 685 g/mol. The monoisotopic (exact) mass is 716 g/mol. The molecule has 0 unspecified atom stereocenters. The summed E-state index contributed by atoms with van der Waals surface area (Å²) < 4.78 is 2.61. The van der Waals surface area contributed by atoms with Gasteiger partial charge in [-0.2, -0.15) is 0 Å². The number of thiophene rings is 1.